The van der Waals surface area contributed by atoms with Gasteiger partial charge in [-0.05, 0) is 24.1 Å². The highest BCUT2D eigenvalue weighted by molar-refractivity contribution is 6.27. The zero-order valence-corrected chi connectivity index (χ0v) is 17.4. The maximum Gasteiger partial charge on any atom is 0.236 e. The third-order valence-corrected chi connectivity index (χ3v) is 4.37. The number of nitrogens with one attached hydrogen (secondary N) is 2. The third kappa shape index (κ3) is 8.71. The number of hydrogen-bond donors (Lipinski definition) is 2. The Hall–Kier alpha value is -1.66. The van der Waals surface area contributed by atoms with E-state index in [0.717, 1.165) is 12.8 Å². The first kappa shape index (κ1) is 23.4. The molecule has 0 fully saturated rings. The van der Waals surface area contributed by atoms with Crippen LogP contribution in [0, 0.1) is 0 Å². The first-order valence-corrected chi connectivity index (χ1v) is 10.1. The summed E-state index contributed by atoms with van der Waals surface area (Å²) < 4.78 is 11.2. The van der Waals surface area contributed by atoms with Crippen molar-refractivity contribution in [1.82, 2.24) is 10.6 Å². The Bertz CT molecular complexity index is 581. The van der Waals surface area contributed by atoms with Gasteiger partial charge in [0.2, 0.25) is 11.8 Å². The molecule has 152 valence electrons. The van der Waals surface area contributed by atoms with Gasteiger partial charge >= 0.3 is 0 Å². The Morgan fingerprint density at radius 2 is 1.63 bits per heavy atom. The van der Waals surface area contributed by atoms with E-state index in [4.69, 9.17) is 32.7 Å². The predicted octanol–water partition coefficient (Wildman–Crippen LogP) is 3.75. The van der Waals surface area contributed by atoms with E-state index in [1.54, 1.807) is 25.3 Å². The molecule has 0 bridgehead atoms. The summed E-state index contributed by atoms with van der Waals surface area (Å²) in [6.07, 6.45) is 4.90. The van der Waals surface area contributed by atoms with Gasteiger partial charge in [0, 0.05) is 0 Å². The van der Waals surface area contributed by atoms with Gasteiger partial charge in [0.25, 0.3) is 0 Å². The van der Waals surface area contributed by atoms with E-state index in [-0.39, 0.29) is 11.8 Å². The summed E-state index contributed by atoms with van der Waals surface area (Å²) in [7, 11) is 1.56. The van der Waals surface area contributed by atoms with Gasteiger partial charge in [-0.1, -0.05) is 38.7 Å². The molecule has 0 aliphatic carbocycles. The Morgan fingerprint density at radius 3 is 2.19 bits per heavy atom. The highest BCUT2D eigenvalue weighted by Crippen LogP contribution is 2.30. The van der Waals surface area contributed by atoms with E-state index in [1.807, 2.05) is 0 Å². The molecule has 0 saturated heterocycles. The number of alkyl halides is 2. The molecule has 0 unspecified atom stereocenters. The lowest BCUT2D eigenvalue weighted by Gasteiger charge is -2.21. The van der Waals surface area contributed by atoms with Crippen LogP contribution in [-0.2, 0) is 9.59 Å². The highest BCUT2D eigenvalue weighted by atomic mass is 35.5. The zero-order chi connectivity index (χ0) is 20.1. The topological polar surface area (TPSA) is 76.7 Å². The third-order valence-electron chi connectivity index (χ3n) is 3.88. The van der Waals surface area contributed by atoms with Crippen LogP contribution in [0.5, 0.6) is 11.5 Å². The van der Waals surface area contributed by atoms with Crippen molar-refractivity contribution in [2.24, 2.45) is 0 Å². The molecule has 0 atom stereocenters. The van der Waals surface area contributed by atoms with Crippen molar-refractivity contribution in [2.45, 2.75) is 45.2 Å². The predicted molar refractivity (Wildman–Crippen MR) is 108 cm³/mol. The first-order valence-electron chi connectivity index (χ1n) is 9.07. The fourth-order valence-corrected chi connectivity index (χ4v) is 2.63. The molecule has 0 aliphatic heterocycles. The number of methoxy groups -OCH3 is 1. The first-order chi connectivity index (χ1) is 13.0. The highest BCUT2D eigenvalue weighted by Gasteiger charge is 2.18. The summed E-state index contributed by atoms with van der Waals surface area (Å²) in [6, 6.07) is 5.20. The number of carbonyl (C=O) groups is 2. The molecule has 1 aromatic rings. The average Bonchev–Trinajstić information content (AvgIpc) is 2.69. The lowest BCUT2D eigenvalue weighted by molar-refractivity contribution is -0.122. The molecule has 1 aromatic carbocycles. The van der Waals surface area contributed by atoms with Crippen LogP contribution in [0.4, 0.5) is 0 Å². The number of halogens is 2. The lowest BCUT2D eigenvalue weighted by atomic mass is 10.1. The van der Waals surface area contributed by atoms with E-state index in [9.17, 15) is 9.59 Å². The second kappa shape index (κ2) is 13.5. The summed E-state index contributed by atoms with van der Waals surface area (Å²) >= 11 is 11.1. The van der Waals surface area contributed by atoms with Gasteiger partial charge in [0.05, 0.1) is 13.7 Å². The number of rotatable bonds is 13. The smallest absolute Gasteiger partial charge is 0.236 e. The van der Waals surface area contributed by atoms with Crippen molar-refractivity contribution in [2.75, 3.05) is 25.5 Å². The average molecular weight is 419 g/mol. The Morgan fingerprint density at radius 1 is 1.00 bits per heavy atom. The number of carbonyl (C=O) groups excluding carboxylic acids is 2. The van der Waals surface area contributed by atoms with Crippen LogP contribution in [0.3, 0.4) is 0 Å². The van der Waals surface area contributed by atoms with Gasteiger partial charge in [0.1, 0.15) is 17.9 Å². The number of unbranched alkanes of at least 4 members (excludes halogenated alkanes) is 4. The number of ether oxygens (including phenoxy) is 2. The summed E-state index contributed by atoms with van der Waals surface area (Å²) in [5, 5.41) is 5.29. The van der Waals surface area contributed by atoms with Crippen molar-refractivity contribution >= 4 is 35.0 Å². The van der Waals surface area contributed by atoms with Gasteiger partial charge in [-0.15, -0.1) is 23.2 Å². The molecule has 0 heterocycles. The minimum atomic E-state index is -0.764. The van der Waals surface area contributed by atoms with Crippen LogP contribution < -0.4 is 20.1 Å². The quantitative estimate of drug-likeness (QED) is 0.290. The number of benzene rings is 1. The van der Waals surface area contributed by atoms with Crippen LogP contribution in [-0.4, -0.2) is 37.3 Å². The molecule has 2 amide bonds. The SMILES string of the molecule is CCCCCCCOc1cc(C(NC(=O)CCl)NC(=O)CCl)ccc1OC. The molecule has 0 spiro atoms. The second-order valence-electron chi connectivity index (χ2n) is 6.01. The Balaban J connectivity index is 2.86. The fraction of sp³-hybridized carbons (Fsp3) is 0.579. The minimum Gasteiger partial charge on any atom is -0.493 e. The normalized spacial score (nSPS) is 10.6. The monoisotopic (exact) mass is 418 g/mol. The Kier molecular flexibility index (Phi) is 11.7. The molecule has 8 heteroatoms. The molecule has 27 heavy (non-hydrogen) atoms. The maximum atomic E-state index is 11.7. The van der Waals surface area contributed by atoms with Crippen LogP contribution in [0.25, 0.3) is 0 Å². The molecule has 0 saturated carbocycles. The maximum absolute atomic E-state index is 11.7. The number of hydrogen-bond acceptors (Lipinski definition) is 4. The van der Waals surface area contributed by atoms with Gasteiger partial charge in [-0.25, -0.2) is 0 Å². The molecule has 2 N–H and O–H groups in total. The summed E-state index contributed by atoms with van der Waals surface area (Å²) in [4.78, 5) is 23.4. The van der Waals surface area contributed by atoms with Gasteiger partial charge in [0.15, 0.2) is 11.5 Å². The summed E-state index contributed by atoms with van der Waals surface area (Å²) in [5.74, 6) is -0.125. The zero-order valence-electron chi connectivity index (χ0n) is 15.9. The standard InChI is InChI=1S/C19H28Cl2N2O4/c1-3-4-5-6-7-10-27-16-11-14(8-9-15(16)26-2)19(22-17(24)12-20)23-18(25)13-21/h8-9,11,19H,3-7,10,12-13H2,1-2H3,(H,22,24)(H,23,25). The van der Waals surface area contributed by atoms with Gasteiger partial charge < -0.3 is 20.1 Å². The molecule has 0 aromatic heterocycles. The van der Waals surface area contributed by atoms with Crippen LogP contribution >= 0.6 is 23.2 Å². The molecule has 1 rings (SSSR count). The lowest BCUT2D eigenvalue weighted by Crippen LogP contribution is -2.42. The van der Waals surface area contributed by atoms with Crippen LogP contribution in [0.2, 0.25) is 0 Å². The largest absolute Gasteiger partial charge is 0.493 e. The van der Waals surface area contributed by atoms with Gasteiger partial charge in [-0.2, -0.15) is 0 Å². The summed E-state index contributed by atoms with van der Waals surface area (Å²) in [6.45, 7) is 2.74. The molecule has 0 radical (unpaired) electrons. The van der Waals surface area contributed by atoms with Crippen molar-refractivity contribution in [3.8, 4) is 11.5 Å². The summed E-state index contributed by atoms with van der Waals surface area (Å²) in [5.41, 5.74) is 0.633. The second-order valence-corrected chi connectivity index (χ2v) is 6.54. The van der Waals surface area contributed by atoms with Crippen molar-refractivity contribution in [3.63, 3.8) is 0 Å². The van der Waals surface area contributed by atoms with E-state index in [2.05, 4.69) is 17.6 Å². The molecular formula is C19H28Cl2N2O4. The van der Waals surface area contributed by atoms with E-state index in [1.165, 1.54) is 19.3 Å². The number of amides is 2. The van der Waals surface area contributed by atoms with Gasteiger partial charge in [-0.3, -0.25) is 9.59 Å². The van der Waals surface area contributed by atoms with Crippen molar-refractivity contribution < 1.29 is 19.1 Å². The van der Waals surface area contributed by atoms with E-state index < -0.39 is 18.0 Å². The molecular weight excluding hydrogens is 391 g/mol. The molecule has 0 aliphatic rings. The molecule has 6 nitrogen and oxygen atoms in total. The fourth-order valence-electron chi connectivity index (χ4n) is 2.48. The van der Waals surface area contributed by atoms with E-state index in [0.29, 0.717) is 23.7 Å². The van der Waals surface area contributed by atoms with E-state index >= 15 is 0 Å². The Labute approximate surface area is 170 Å². The van der Waals surface area contributed by atoms with Crippen LogP contribution in [0.15, 0.2) is 18.2 Å². The van der Waals surface area contributed by atoms with Crippen molar-refractivity contribution in [3.05, 3.63) is 23.8 Å². The minimum absolute atomic E-state index is 0.218. The van der Waals surface area contributed by atoms with Crippen LogP contribution in [0.1, 0.15) is 50.8 Å². The van der Waals surface area contributed by atoms with Crippen molar-refractivity contribution in [1.29, 1.82) is 0 Å².